The topological polar surface area (TPSA) is 49.8 Å². The molecule has 0 bridgehead atoms. The first kappa shape index (κ1) is 21.2. The summed E-state index contributed by atoms with van der Waals surface area (Å²) in [5, 5.41) is 5.87. The number of rotatable bonds is 5. The molecular weight excluding hydrogens is 401 g/mol. The molecule has 0 radical (unpaired) electrons. The lowest BCUT2D eigenvalue weighted by molar-refractivity contribution is -0.137. The van der Waals surface area contributed by atoms with E-state index in [0.717, 1.165) is 30.2 Å². The lowest BCUT2D eigenvalue weighted by atomic mass is 9.84. The van der Waals surface area contributed by atoms with Crippen molar-refractivity contribution in [2.24, 2.45) is 0 Å². The maximum Gasteiger partial charge on any atom is 0.421 e. The summed E-state index contributed by atoms with van der Waals surface area (Å²) in [5.74, 6) is 0.296. The van der Waals surface area contributed by atoms with Gasteiger partial charge in [0.1, 0.15) is 11.4 Å². The average molecular weight is 426 g/mol. The van der Waals surface area contributed by atoms with Gasteiger partial charge in [-0.1, -0.05) is 43.5 Å². The summed E-state index contributed by atoms with van der Waals surface area (Å²) < 4.78 is 40.8. The van der Waals surface area contributed by atoms with Gasteiger partial charge in [-0.2, -0.15) is 18.2 Å². The fraction of sp³-hybridized carbons (Fsp3) is 0.333. The molecule has 1 saturated carbocycles. The maximum atomic E-state index is 13.6. The average Bonchev–Trinajstić information content (AvgIpc) is 2.74. The highest BCUT2D eigenvalue weighted by atomic mass is 19.4. The highest BCUT2D eigenvalue weighted by molar-refractivity contribution is 5.63. The van der Waals surface area contributed by atoms with Gasteiger partial charge in [-0.25, -0.2) is 4.98 Å². The van der Waals surface area contributed by atoms with Crippen molar-refractivity contribution in [3.05, 3.63) is 71.4 Å². The van der Waals surface area contributed by atoms with Crippen molar-refractivity contribution in [1.82, 2.24) is 9.97 Å². The molecule has 2 aromatic carbocycles. The van der Waals surface area contributed by atoms with E-state index in [-0.39, 0.29) is 11.8 Å². The van der Waals surface area contributed by atoms with Gasteiger partial charge in [-0.15, -0.1) is 0 Å². The number of hydrogen-bond donors (Lipinski definition) is 2. The molecule has 4 nitrogen and oxygen atoms in total. The van der Waals surface area contributed by atoms with Gasteiger partial charge in [0.05, 0.1) is 0 Å². The molecule has 1 aliphatic rings. The summed E-state index contributed by atoms with van der Waals surface area (Å²) in [6.45, 7) is 1.94. The van der Waals surface area contributed by atoms with E-state index in [4.69, 9.17) is 0 Å². The molecule has 162 valence electrons. The SMILES string of the molecule is Cc1cccc(Nc2ncc(C(F)(F)F)c(Nc3cccc(C4CCCCC4)c3)n2)c1. The van der Waals surface area contributed by atoms with Gasteiger partial charge < -0.3 is 10.6 Å². The molecule has 0 spiro atoms. The molecule has 31 heavy (non-hydrogen) atoms. The third-order valence-corrected chi connectivity index (χ3v) is 5.59. The Bertz CT molecular complexity index is 1040. The minimum Gasteiger partial charge on any atom is -0.340 e. The normalized spacial score (nSPS) is 15.0. The van der Waals surface area contributed by atoms with Crippen molar-refractivity contribution in [2.75, 3.05) is 10.6 Å². The number of halogens is 3. The Balaban J connectivity index is 1.62. The molecule has 7 heteroatoms. The molecule has 0 aliphatic heterocycles. The van der Waals surface area contributed by atoms with Crippen LogP contribution in [0.2, 0.25) is 0 Å². The minimum atomic E-state index is -4.56. The Kier molecular flexibility index (Phi) is 6.11. The van der Waals surface area contributed by atoms with Gasteiger partial charge in [0.25, 0.3) is 0 Å². The van der Waals surface area contributed by atoms with Gasteiger partial charge in [0.15, 0.2) is 0 Å². The summed E-state index contributed by atoms with van der Waals surface area (Å²) in [5.41, 5.74) is 2.59. The molecule has 0 unspecified atom stereocenters. The van der Waals surface area contributed by atoms with E-state index >= 15 is 0 Å². The molecule has 0 atom stereocenters. The van der Waals surface area contributed by atoms with Crippen molar-refractivity contribution in [2.45, 2.75) is 51.1 Å². The smallest absolute Gasteiger partial charge is 0.340 e. The first-order chi connectivity index (χ1) is 14.9. The quantitative estimate of drug-likeness (QED) is 0.448. The van der Waals surface area contributed by atoms with Crippen LogP contribution in [0.3, 0.4) is 0 Å². The third kappa shape index (κ3) is 5.34. The van der Waals surface area contributed by atoms with Crippen LogP contribution in [0.25, 0.3) is 0 Å². The van der Waals surface area contributed by atoms with E-state index in [1.165, 1.54) is 19.3 Å². The van der Waals surface area contributed by atoms with Crippen molar-refractivity contribution in [3.63, 3.8) is 0 Å². The maximum absolute atomic E-state index is 13.6. The number of benzene rings is 2. The van der Waals surface area contributed by atoms with Gasteiger partial charge in [-0.3, -0.25) is 0 Å². The number of anilines is 4. The van der Waals surface area contributed by atoms with E-state index in [9.17, 15) is 13.2 Å². The lowest BCUT2D eigenvalue weighted by Gasteiger charge is -2.22. The molecule has 2 N–H and O–H groups in total. The second-order valence-corrected chi connectivity index (χ2v) is 8.03. The molecule has 0 amide bonds. The lowest BCUT2D eigenvalue weighted by Crippen LogP contribution is -2.13. The number of aromatic nitrogens is 2. The first-order valence-electron chi connectivity index (χ1n) is 10.5. The highest BCUT2D eigenvalue weighted by Crippen LogP contribution is 2.37. The molecular formula is C24H25F3N4. The van der Waals surface area contributed by atoms with Crippen LogP contribution in [0.1, 0.15) is 54.7 Å². The van der Waals surface area contributed by atoms with E-state index in [0.29, 0.717) is 17.3 Å². The van der Waals surface area contributed by atoms with E-state index < -0.39 is 11.7 Å². The summed E-state index contributed by atoms with van der Waals surface area (Å²) in [4.78, 5) is 8.03. The van der Waals surface area contributed by atoms with E-state index in [2.05, 4.69) is 26.7 Å². The molecule has 0 saturated heterocycles. The van der Waals surface area contributed by atoms with Crippen molar-refractivity contribution in [3.8, 4) is 0 Å². The number of alkyl halides is 3. The van der Waals surface area contributed by atoms with Gasteiger partial charge >= 0.3 is 6.18 Å². The summed E-state index contributed by atoms with van der Waals surface area (Å²) in [6.07, 6.45) is 2.14. The zero-order valence-electron chi connectivity index (χ0n) is 17.3. The summed E-state index contributed by atoms with van der Waals surface area (Å²) >= 11 is 0. The van der Waals surface area contributed by atoms with Gasteiger partial charge in [-0.05, 0) is 61.1 Å². The summed E-state index contributed by atoms with van der Waals surface area (Å²) in [6, 6.07) is 15.1. The van der Waals surface area contributed by atoms with Gasteiger partial charge in [0, 0.05) is 17.6 Å². The van der Waals surface area contributed by atoms with Crippen LogP contribution in [0.4, 0.5) is 36.3 Å². The first-order valence-corrected chi connectivity index (χ1v) is 10.5. The predicted octanol–water partition coefficient (Wildman–Crippen LogP) is 7.34. The van der Waals surface area contributed by atoms with Crippen LogP contribution >= 0.6 is 0 Å². The van der Waals surface area contributed by atoms with Crippen molar-refractivity contribution < 1.29 is 13.2 Å². The van der Waals surface area contributed by atoms with Crippen LogP contribution < -0.4 is 10.6 Å². The largest absolute Gasteiger partial charge is 0.421 e. The van der Waals surface area contributed by atoms with Gasteiger partial charge in [0.2, 0.25) is 5.95 Å². The van der Waals surface area contributed by atoms with E-state index in [1.54, 1.807) is 6.07 Å². The molecule has 3 aromatic rings. The van der Waals surface area contributed by atoms with Crippen molar-refractivity contribution in [1.29, 1.82) is 0 Å². The molecule has 1 aromatic heterocycles. The monoisotopic (exact) mass is 426 g/mol. The molecule has 1 fully saturated rings. The van der Waals surface area contributed by atoms with Crippen LogP contribution in [0.5, 0.6) is 0 Å². The minimum absolute atomic E-state index is 0.101. The fourth-order valence-electron chi connectivity index (χ4n) is 4.04. The van der Waals surface area contributed by atoms with Crippen LogP contribution in [-0.4, -0.2) is 9.97 Å². The van der Waals surface area contributed by atoms with Crippen LogP contribution in [0.15, 0.2) is 54.7 Å². The molecule has 1 aliphatic carbocycles. The Hall–Kier alpha value is -3.09. The molecule has 1 heterocycles. The second-order valence-electron chi connectivity index (χ2n) is 8.03. The zero-order chi connectivity index (χ0) is 21.8. The van der Waals surface area contributed by atoms with E-state index in [1.807, 2.05) is 43.3 Å². The fourth-order valence-corrected chi connectivity index (χ4v) is 4.04. The Morgan fingerprint density at radius 2 is 1.61 bits per heavy atom. The number of aryl methyl sites for hydroxylation is 1. The van der Waals surface area contributed by atoms with Crippen molar-refractivity contribution >= 4 is 23.1 Å². The second kappa shape index (κ2) is 8.96. The number of nitrogens with zero attached hydrogens (tertiary/aromatic N) is 2. The standard InChI is InChI=1S/C24H25F3N4/c1-16-7-5-11-19(13-16)30-23-28-15-21(24(25,26)27)22(31-23)29-20-12-6-10-18(14-20)17-8-3-2-4-9-17/h5-7,10-15,17H,2-4,8-9H2,1H3,(H2,28,29,30,31). The third-order valence-electron chi connectivity index (χ3n) is 5.59. The van der Waals surface area contributed by atoms with Crippen LogP contribution in [-0.2, 0) is 6.18 Å². The Morgan fingerprint density at radius 1 is 0.903 bits per heavy atom. The number of hydrogen-bond acceptors (Lipinski definition) is 4. The molecule has 4 rings (SSSR count). The van der Waals surface area contributed by atoms with Crippen LogP contribution in [0, 0.1) is 6.92 Å². The highest BCUT2D eigenvalue weighted by Gasteiger charge is 2.35. The number of nitrogens with one attached hydrogen (secondary N) is 2. The Labute approximate surface area is 179 Å². The Morgan fingerprint density at radius 3 is 2.32 bits per heavy atom. The zero-order valence-corrected chi connectivity index (χ0v) is 17.3. The summed E-state index contributed by atoms with van der Waals surface area (Å²) in [7, 11) is 0. The predicted molar refractivity (Wildman–Crippen MR) is 117 cm³/mol.